The van der Waals surface area contributed by atoms with Crippen LogP contribution in [0.5, 0.6) is 0 Å². The van der Waals surface area contributed by atoms with Gasteiger partial charge < -0.3 is 4.57 Å². The summed E-state index contributed by atoms with van der Waals surface area (Å²) in [5, 5.41) is 0. The summed E-state index contributed by atoms with van der Waals surface area (Å²) in [7, 11) is 0. The number of rotatable bonds is 0. The molecule has 2 heterocycles. The van der Waals surface area contributed by atoms with Crippen LogP contribution in [0.2, 0.25) is 0 Å². The van der Waals surface area contributed by atoms with Crippen LogP contribution in [0.3, 0.4) is 0 Å². The molecule has 1 spiro atoms. The van der Waals surface area contributed by atoms with Crippen LogP contribution in [0.15, 0.2) is 18.3 Å². The summed E-state index contributed by atoms with van der Waals surface area (Å²) in [5.41, 5.74) is 1.06. The quantitative estimate of drug-likeness (QED) is 0.588. The van der Waals surface area contributed by atoms with Crippen LogP contribution < -0.4 is 0 Å². The van der Waals surface area contributed by atoms with Gasteiger partial charge in [0.2, 0.25) is 0 Å². The second-order valence-corrected chi connectivity index (χ2v) is 4.61. The van der Waals surface area contributed by atoms with Crippen LogP contribution in [0.25, 0.3) is 0 Å². The standard InChI is InChI=1S/C11H11NO/c13-10-8-4-2-6-12(8)9-7-3-1-5-11(7,9)10/h2,4,6-7,9H,1,3,5H2/t7-,9-,11?/m1/s1. The Hall–Kier alpha value is -1.05. The van der Waals surface area contributed by atoms with Crippen LogP contribution in [0.1, 0.15) is 35.8 Å². The molecule has 0 aromatic carbocycles. The summed E-state index contributed by atoms with van der Waals surface area (Å²) in [5.74, 6) is 1.13. The summed E-state index contributed by atoms with van der Waals surface area (Å²) < 4.78 is 2.21. The molecule has 4 rings (SSSR count). The molecule has 2 aliphatic carbocycles. The van der Waals surface area contributed by atoms with E-state index >= 15 is 0 Å². The maximum atomic E-state index is 12.1. The number of carbonyl (C=O) groups excluding carboxylic acids is 1. The molecular weight excluding hydrogens is 162 g/mol. The highest BCUT2D eigenvalue weighted by Gasteiger charge is 2.75. The fourth-order valence-corrected chi connectivity index (χ4v) is 3.79. The second-order valence-electron chi connectivity index (χ2n) is 4.61. The van der Waals surface area contributed by atoms with E-state index in [9.17, 15) is 4.79 Å². The molecule has 0 radical (unpaired) electrons. The van der Waals surface area contributed by atoms with Crippen LogP contribution in [-0.2, 0) is 0 Å². The van der Waals surface area contributed by atoms with E-state index in [2.05, 4.69) is 10.8 Å². The molecule has 66 valence electrons. The largest absolute Gasteiger partial charge is 0.341 e. The average Bonchev–Trinajstić information content (AvgIpc) is 2.64. The highest BCUT2D eigenvalue weighted by molar-refractivity contribution is 6.05. The Morgan fingerprint density at radius 3 is 3.38 bits per heavy atom. The Balaban J connectivity index is 1.98. The maximum absolute atomic E-state index is 12.1. The van der Waals surface area contributed by atoms with Crippen LogP contribution in [-0.4, -0.2) is 10.4 Å². The lowest BCUT2D eigenvalue weighted by atomic mass is 9.97. The van der Waals surface area contributed by atoms with Crippen molar-refractivity contribution in [1.82, 2.24) is 4.57 Å². The molecule has 0 saturated heterocycles. The summed E-state index contributed by atoms with van der Waals surface area (Å²) >= 11 is 0. The molecule has 3 atom stereocenters. The minimum atomic E-state index is 0.0938. The Kier molecular flexibility index (Phi) is 0.794. The number of aromatic nitrogens is 1. The second kappa shape index (κ2) is 1.61. The van der Waals surface area contributed by atoms with Gasteiger partial charge in [0.05, 0.1) is 17.2 Å². The van der Waals surface area contributed by atoms with Crippen LogP contribution in [0.4, 0.5) is 0 Å². The highest BCUT2D eigenvalue weighted by atomic mass is 16.1. The number of ketones is 1. The molecule has 0 amide bonds. The van der Waals surface area contributed by atoms with E-state index in [0.717, 1.165) is 12.1 Å². The van der Waals surface area contributed by atoms with Gasteiger partial charge in [-0.2, -0.15) is 0 Å². The van der Waals surface area contributed by atoms with Crippen molar-refractivity contribution in [2.24, 2.45) is 11.3 Å². The van der Waals surface area contributed by atoms with E-state index in [1.807, 2.05) is 12.1 Å². The molecule has 1 aromatic rings. The number of fused-ring (bicyclic) bond motifs is 3. The van der Waals surface area contributed by atoms with E-state index in [-0.39, 0.29) is 5.41 Å². The highest BCUT2D eigenvalue weighted by Crippen LogP contribution is 2.75. The zero-order chi connectivity index (χ0) is 8.63. The molecule has 2 fully saturated rings. The average molecular weight is 173 g/mol. The van der Waals surface area contributed by atoms with Gasteiger partial charge in [-0.15, -0.1) is 0 Å². The van der Waals surface area contributed by atoms with Gasteiger partial charge in [-0.05, 0) is 30.9 Å². The maximum Gasteiger partial charge on any atom is 0.187 e. The van der Waals surface area contributed by atoms with Crippen molar-refractivity contribution in [2.45, 2.75) is 25.3 Å². The van der Waals surface area contributed by atoms with Crippen molar-refractivity contribution in [3.8, 4) is 0 Å². The third-order valence-corrected chi connectivity index (χ3v) is 4.30. The van der Waals surface area contributed by atoms with E-state index in [1.165, 1.54) is 12.8 Å². The smallest absolute Gasteiger partial charge is 0.187 e. The third-order valence-electron chi connectivity index (χ3n) is 4.30. The molecule has 1 aliphatic heterocycles. The van der Waals surface area contributed by atoms with Gasteiger partial charge in [0, 0.05) is 6.20 Å². The lowest BCUT2D eigenvalue weighted by Gasteiger charge is -2.02. The van der Waals surface area contributed by atoms with E-state index in [1.54, 1.807) is 0 Å². The Bertz CT molecular complexity index is 419. The molecular formula is C11H11NO. The summed E-state index contributed by atoms with van der Waals surface area (Å²) in [4.78, 5) is 12.1. The minimum Gasteiger partial charge on any atom is -0.341 e. The zero-order valence-corrected chi connectivity index (χ0v) is 7.36. The third kappa shape index (κ3) is 0.454. The molecule has 0 bridgehead atoms. The van der Waals surface area contributed by atoms with Crippen LogP contribution in [0, 0.1) is 11.3 Å². The normalized spacial score (nSPS) is 44.5. The van der Waals surface area contributed by atoms with Crippen molar-refractivity contribution in [3.05, 3.63) is 24.0 Å². The van der Waals surface area contributed by atoms with Gasteiger partial charge in [0.25, 0.3) is 0 Å². The summed E-state index contributed by atoms with van der Waals surface area (Å²) in [6.07, 6.45) is 5.75. The Labute approximate surface area is 76.5 Å². The molecule has 3 aliphatic rings. The van der Waals surface area contributed by atoms with E-state index in [0.29, 0.717) is 17.7 Å². The number of nitrogens with zero attached hydrogens (tertiary/aromatic N) is 1. The lowest BCUT2D eigenvalue weighted by molar-refractivity contribution is 0.0902. The number of carbonyl (C=O) groups is 1. The predicted octanol–water partition coefficient (Wildman–Crippen LogP) is 2.03. The molecule has 2 heteroatoms. The number of hydrogen-bond acceptors (Lipinski definition) is 1. The van der Waals surface area contributed by atoms with Crippen molar-refractivity contribution in [1.29, 1.82) is 0 Å². The first-order chi connectivity index (χ1) is 6.36. The summed E-state index contributed by atoms with van der Waals surface area (Å²) in [6.45, 7) is 0. The number of hydrogen-bond donors (Lipinski definition) is 0. The van der Waals surface area contributed by atoms with Gasteiger partial charge in [-0.1, -0.05) is 6.42 Å². The van der Waals surface area contributed by atoms with Gasteiger partial charge >= 0.3 is 0 Å². The molecule has 1 unspecified atom stereocenters. The predicted molar refractivity (Wildman–Crippen MR) is 47.6 cm³/mol. The number of Topliss-reactive ketones (excluding diaryl/α,β-unsaturated/α-hetero) is 1. The minimum absolute atomic E-state index is 0.0938. The first-order valence-corrected chi connectivity index (χ1v) is 5.07. The SMILES string of the molecule is O=C1c2cccn2[C@@H]2[C@H]3CCCC132. The first kappa shape index (κ1) is 6.41. The van der Waals surface area contributed by atoms with Gasteiger partial charge in [0.15, 0.2) is 5.78 Å². The van der Waals surface area contributed by atoms with E-state index < -0.39 is 0 Å². The molecule has 2 nitrogen and oxygen atoms in total. The molecule has 2 saturated carbocycles. The fraction of sp³-hybridized carbons (Fsp3) is 0.545. The fourth-order valence-electron chi connectivity index (χ4n) is 3.79. The van der Waals surface area contributed by atoms with Crippen molar-refractivity contribution < 1.29 is 4.79 Å². The van der Waals surface area contributed by atoms with Gasteiger partial charge in [-0.25, -0.2) is 0 Å². The zero-order valence-electron chi connectivity index (χ0n) is 7.36. The lowest BCUT2D eigenvalue weighted by Crippen LogP contribution is -2.12. The van der Waals surface area contributed by atoms with Crippen molar-refractivity contribution in [3.63, 3.8) is 0 Å². The first-order valence-electron chi connectivity index (χ1n) is 5.07. The monoisotopic (exact) mass is 173 g/mol. The van der Waals surface area contributed by atoms with Gasteiger partial charge in [0.1, 0.15) is 0 Å². The van der Waals surface area contributed by atoms with Gasteiger partial charge in [-0.3, -0.25) is 4.79 Å². The molecule has 13 heavy (non-hydrogen) atoms. The topological polar surface area (TPSA) is 22.0 Å². The molecule has 1 aromatic heterocycles. The van der Waals surface area contributed by atoms with Crippen LogP contribution >= 0.6 is 0 Å². The molecule has 0 N–H and O–H groups in total. The Morgan fingerprint density at radius 2 is 2.46 bits per heavy atom. The van der Waals surface area contributed by atoms with Crippen molar-refractivity contribution in [2.75, 3.05) is 0 Å². The summed E-state index contributed by atoms with van der Waals surface area (Å²) in [6, 6.07) is 4.52. The van der Waals surface area contributed by atoms with Crippen molar-refractivity contribution >= 4 is 5.78 Å². The Morgan fingerprint density at radius 1 is 1.54 bits per heavy atom. The van der Waals surface area contributed by atoms with E-state index in [4.69, 9.17) is 0 Å².